The van der Waals surface area contributed by atoms with Gasteiger partial charge in [-0.05, 0) is 25.0 Å². The summed E-state index contributed by atoms with van der Waals surface area (Å²) in [5, 5.41) is 11.7. The van der Waals surface area contributed by atoms with Gasteiger partial charge >= 0.3 is 6.61 Å². The lowest BCUT2D eigenvalue weighted by molar-refractivity contribution is -0.0501. The molecule has 6 heteroatoms. The van der Waals surface area contributed by atoms with E-state index in [4.69, 9.17) is 5.11 Å². The maximum atomic E-state index is 12.2. The summed E-state index contributed by atoms with van der Waals surface area (Å²) in [6.45, 7) is -3.14. The van der Waals surface area contributed by atoms with Crippen molar-refractivity contribution in [3.8, 4) is 5.75 Å². The summed E-state index contributed by atoms with van der Waals surface area (Å²) in [6, 6.07) is 5.78. The van der Waals surface area contributed by atoms with Crippen LogP contribution in [0, 0.1) is 0 Å². The zero-order chi connectivity index (χ0) is 13.2. The van der Waals surface area contributed by atoms with Gasteiger partial charge in [0.25, 0.3) is 5.91 Å². The average Bonchev–Trinajstić information content (AvgIpc) is 3.09. The Morgan fingerprint density at radius 1 is 1.44 bits per heavy atom. The molecule has 0 aromatic heterocycles. The maximum Gasteiger partial charge on any atom is 0.387 e. The van der Waals surface area contributed by atoms with E-state index in [1.165, 1.54) is 18.2 Å². The van der Waals surface area contributed by atoms with E-state index in [1.807, 2.05) is 0 Å². The van der Waals surface area contributed by atoms with Crippen LogP contribution >= 0.6 is 0 Å². The summed E-state index contributed by atoms with van der Waals surface area (Å²) >= 11 is 0. The smallest absolute Gasteiger partial charge is 0.387 e. The van der Waals surface area contributed by atoms with Gasteiger partial charge in [-0.1, -0.05) is 12.1 Å². The first-order chi connectivity index (χ1) is 8.56. The monoisotopic (exact) mass is 257 g/mol. The molecule has 1 saturated carbocycles. The Labute approximate surface area is 103 Å². The van der Waals surface area contributed by atoms with Crippen molar-refractivity contribution in [2.24, 2.45) is 0 Å². The number of carbonyl (C=O) groups is 1. The summed E-state index contributed by atoms with van der Waals surface area (Å²) < 4.78 is 28.7. The molecule has 1 fully saturated rings. The molecule has 2 N–H and O–H groups in total. The van der Waals surface area contributed by atoms with Gasteiger partial charge in [-0.25, -0.2) is 0 Å². The fraction of sp³-hybridized carbons (Fsp3) is 0.417. The Morgan fingerprint density at radius 2 is 2.11 bits per heavy atom. The molecule has 0 radical (unpaired) electrons. The summed E-state index contributed by atoms with van der Waals surface area (Å²) in [4.78, 5) is 11.9. The second-order valence-corrected chi connectivity index (χ2v) is 4.27. The van der Waals surface area contributed by atoms with Crippen molar-refractivity contribution < 1.29 is 23.4 Å². The number of alkyl halides is 2. The SMILES string of the molecule is O=C(NC1(CO)CC1)c1ccccc1OC(F)F. The van der Waals surface area contributed by atoms with Crippen LogP contribution < -0.4 is 10.1 Å². The molecule has 1 aromatic carbocycles. The highest BCUT2D eigenvalue weighted by molar-refractivity contribution is 5.97. The van der Waals surface area contributed by atoms with Crippen LogP contribution in [0.3, 0.4) is 0 Å². The normalized spacial score (nSPS) is 16.4. The predicted octanol–water partition coefficient (Wildman–Crippen LogP) is 1.54. The van der Waals surface area contributed by atoms with Gasteiger partial charge in [-0.2, -0.15) is 8.78 Å². The summed E-state index contributed by atoms with van der Waals surface area (Å²) in [6.07, 6.45) is 1.38. The van der Waals surface area contributed by atoms with E-state index in [0.717, 1.165) is 0 Å². The van der Waals surface area contributed by atoms with Gasteiger partial charge in [0, 0.05) is 0 Å². The molecule has 0 unspecified atom stereocenters. The van der Waals surface area contributed by atoms with Crippen LogP contribution in [0.2, 0.25) is 0 Å². The lowest BCUT2D eigenvalue weighted by Crippen LogP contribution is -2.39. The van der Waals surface area contributed by atoms with E-state index in [1.54, 1.807) is 6.07 Å². The third kappa shape index (κ3) is 2.76. The highest BCUT2D eigenvalue weighted by atomic mass is 19.3. The minimum atomic E-state index is -2.98. The molecule has 0 atom stereocenters. The number of nitrogens with one attached hydrogen (secondary N) is 1. The molecule has 18 heavy (non-hydrogen) atoms. The fourth-order valence-corrected chi connectivity index (χ4v) is 1.63. The van der Waals surface area contributed by atoms with Crippen LogP contribution in [0.5, 0.6) is 5.75 Å². The first kappa shape index (κ1) is 12.8. The number of ether oxygens (including phenoxy) is 1. The quantitative estimate of drug-likeness (QED) is 0.841. The summed E-state index contributed by atoms with van der Waals surface area (Å²) in [5.74, 6) is -0.684. The molecule has 0 heterocycles. The predicted molar refractivity (Wildman–Crippen MR) is 59.6 cm³/mol. The number of amides is 1. The van der Waals surface area contributed by atoms with Crippen molar-refractivity contribution >= 4 is 5.91 Å². The van der Waals surface area contributed by atoms with E-state index in [9.17, 15) is 13.6 Å². The molecule has 0 bridgehead atoms. The van der Waals surface area contributed by atoms with Crippen molar-refractivity contribution in [1.82, 2.24) is 5.32 Å². The number of rotatable bonds is 5. The zero-order valence-corrected chi connectivity index (χ0v) is 9.53. The number of halogens is 2. The first-order valence-electron chi connectivity index (χ1n) is 5.53. The van der Waals surface area contributed by atoms with Gasteiger partial charge in [-0.15, -0.1) is 0 Å². The van der Waals surface area contributed by atoms with Gasteiger partial charge in [0.2, 0.25) is 0 Å². The van der Waals surface area contributed by atoms with Crippen LogP contribution in [0.4, 0.5) is 8.78 Å². The van der Waals surface area contributed by atoms with Gasteiger partial charge in [-0.3, -0.25) is 4.79 Å². The van der Waals surface area contributed by atoms with Crippen molar-refractivity contribution in [3.05, 3.63) is 29.8 Å². The third-order valence-electron chi connectivity index (χ3n) is 2.88. The number of hydrogen-bond acceptors (Lipinski definition) is 3. The Morgan fingerprint density at radius 3 is 2.67 bits per heavy atom. The molecule has 0 saturated heterocycles. The lowest BCUT2D eigenvalue weighted by atomic mass is 10.1. The molecule has 1 aromatic rings. The van der Waals surface area contributed by atoms with Crippen LogP contribution in [-0.4, -0.2) is 29.8 Å². The van der Waals surface area contributed by atoms with Gasteiger partial charge in [0.05, 0.1) is 17.7 Å². The second-order valence-electron chi connectivity index (χ2n) is 4.27. The van der Waals surface area contributed by atoms with Crippen LogP contribution in [0.15, 0.2) is 24.3 Å². The number of hydrogen-bond donors (Lipinski definition) is 2. The number of para-hydroxylation sites is 1. The Hall–Kier alpha value is -1.69. The highest BCUT2D eigenvalue weighted by Crippen LogP contribution is 2.35. The maximum absolute atomic E-state index is 12.2. The van der Waals surface area contributed by atoms with Gasteiger partial charge < -0.3 is 15.2 Å². The first-order valence-corrected chi connectivity index (χ1v) is 5.53. The number of aliphatic hydroxyl groups is 1. The van der Waals surface area contributed by atoms with Crippen LogP contribution in [-0.2, 0) is 0 Å². The summed E-state index contributed by atoms with van der Waals surface area (Å²) in [7, 11) is 0. The van der Waals surface area contributed by atoms with E-state index in [2.05, 4.69) is 10.1 Å². The molecular formula is C12H13F2NO3. The van der Waals surface area contributed by atoms with Gasteiger partial charge in [0.15, 0.2) is 0 Å². The molecule has 4 nitrogen and oxygen atoms in total. The molecule has 0 aliphatic heterocycles. The Kier molecular flexibility index (Phi) is 3.47. The third-order valence-corrected chi connectivity index (χ3v) is 2.88. The Bertz CT molecular complexity index is 447. The highest BCUT2D eigenvalue weighted by Gasteiger charge is 2.43. The van der Waals surface area contributed by atoms with Crippen molar-refractivity contribution in [1.29, 1.82) is 0 Å². The van der Waals surface area contributed by atoms with E-state index in [-0.39, 0.29) is 17.9 Å². The number of carbonyl (C=O) groups excluding carboxylic acids is 1. The van der Waals surface area contributed by atoms with Crippen molar-refractivity contribution in [2.45, 2.75) is 25.0 Å². The molecule has 98 valence electrons. The molecule has 2 rings (SSSR count). The van der Waals surface area contributed by atoms with E-state index >= 15 is 0 Å². The largest absolute Gasteiger partial charge is 0.434 e. The van der Waals surface area contributed by atoms with Crippen LogP contribution in [0.25, 0.3) is 0 Å². The van der Waals surface area contributed by atoms with Crippen molar-refractivity contribution in [2.75, 3.05) is 6.61 Å². The molecule has 1 amide bonds. The molecular weight excluding hydrogens is 244 g/mol. The zero-order valence-electron chi connectivity index (χ0n) is 9.53. The minimum absolute atomic E-state index is 0.0394. The van der Waals surface area contributed by atoms with E-state index < -0.39 is 18.1 Å². The Balaban J connectivity index is 2.14. The number of aliphatic hydroxyl groups excluding tert-OH is 1. The standard InChI is InChI=1S/C12H13F2NO3/c13-11(14)18-9-4-2-1-3-8(9)10(17)15-12(7-16)5-6-12/h1-4,11,16H,5-7H2,(H,15,17). The molecule has 0 spiro atoms. The van der Waals surface area contributed by atoms with E-state index in [0.29, 0.717) is 12.8 Å². The van der Waals surface area contributed by atoms with Gasteiger partial charge in [0.1, 0.15) is 5.75 Å². The molecule has 1 aliphatic rings. The molecule has 1 aliphatic carbocycles. The number of benzene rings is 1. The minimum Gasteiger partial charge on any atom is -0.434 e. The average molecular weight is 257 g/mol. The summed E-state index contributed by atoms with van der Waals surface area (Å²) in [5.41, 5.74) is -0.549. The second kappa shape index (κ2) is 4.89. The van der Waals surface area contributed by atoms with Crippen molar-refractivity contribution in [3.63, 3.8) is 0 Å². The lowest BCUT2D eigenvalue weighted by Gasteiger charge is -2.16. The topological polar surface area (TPSA) is 58.6 Å². The van der Waals surface area contributed by atoms with Crippen LogP contribution in [0.1, 0.15) is 23.2 Å². The fourth-order valence-electron chi connectivity index (χ4n) is 1.63.